The van der Waals surface area contributed by atoms with Gasteiger partial charge in [-0.3, -0.25) is 5.01 Å². The smallest absolute Gasteiger partial charge is 0.0704 e. The lowest BCUT2D eigenvalue weighted by Crippen LogP contribution is -2.28. The first kappa shape index (κ1) is 11.1. The SMILES string of the molecule is COC[C@H]1CCCN1/N=C/c1ccccc1. The molecule has 86 valence electrons. The Bertz CT molecular complexity index is 337. The van der Waals surface area contributed by atoms with Crippen molar-refractivity contribution >= 4 is 6.21 Å². The average molecular weight is 218 g/mol. The summed E-state index contributed by atoms with van der Waals surface area (Å²) < 4.78 is 5.19. The molecule has 0 amide bonds. The van der Waals surface area contributed by atoms with E-state index in [0.29, 0.717) is 6.04 Å². The molecule has 0 aliphatic carbocycles. The van der Waals surface area contributed by atoms with Crippen LogP contribution in [0.1, 0.15) is 18.4 Å². The van der Waals surface area contributed by atoms with Crippen LogP contribution in [0.15, 0.2) is 35.4 Å². The van der Waals surface area contributed by atoms with Crippen molar-refractivity contribution in [2.75, 3.05) is 20.3 Å². The summed E-state index contributed by atoms with van der Waals surface area (Å²) in [5, 5.41) is 6.66. The van der Waals surface area contributed by atoms with Crippen LogP contribution in [0.4, 0.5) is 0 Å². The lowest BCUT2D eigenvalue weighted by molar-refractivity contribution is 0.118. The molecule has 0 aromatic heterocycles. The summed E-state index contributed by atoms with van der Waals surface area (Å²) in [6, 6.07) is 10.6. The minimum atomic E-state index is 0.449. The van der Waals surface area contributed by atoms with Crippen molar-refractivity contribution < 1.29 is 4.74 Å². The van der Waals surface area contributed by atoms with E-state index in [2.05, 4.69) is 22.2 Å². The molecular weight excluding hydrogens is 200 g/mol. The van der Waals surface area contributed by atoms with E-state index >= 15 is 0 Å². The highest BCUT2D eigenvalue weighted by molar-refractivity contribution is 5.79. The van der Waals surface area contributed by atoms with E-state index in [0.717, 1.165) is 18.7 Å². The lowest BCUT2D eigenvalue weighted by Gasteiger charge is -2.20. The molecule has 1 aromatic rings. The van der Waals surface area contributed by atoms with Crippen LogP contribution in [-0.2, 0) is 4.74 Å². The van der Waals surface area contributed by atoms with Gasteiger partial charge in [0.2, 0.25) is 0 Å². The molecule has 0 unspecified atom stereocenters. The Hall–Kier alpha value is -1.35. The largest absolute Gasteiger partial charge is 0.382 e. The van der Waals surface area contributed by atoms with Crippen LogP contribution in [0.5, 0.6) is 0 Å². The molecule has 1 aliphatic heterocycles. The van der Waals surface area contributed by atoms with Gasteiger partial charge in [-0.25, -0.2) is 0 Å². The molecule has 0 saturated carbocycles. The third-order valence-corrected chi connectivity index (χ3v) is 2.86. The summed E-state index contributed by atoms with van der Waals surface area (Å²) in [4.78, 5) is 0. The van der Waals surface area contributed by atoms with Gasteiger partial charge in [0.1, 0.15) is 0 Å². The molecule has 1 aromatic carbocycles. The van der Waals surface area contributed by atoms with Gasteiger partial charge in [-0.1, -0.05) is 30.3 Å². The molecule has 1 fully saturated rings. The average Bonchev–Trinajstić information content (AvgIpc) is 2.76. The molecule has 0 N–H and O–H groups in total. The fourth-order valence-corrected chi connectivity index (χ4v) is 2.01. The third-order valence-electron chi connectivity index (χ3n) is 2.86. The molecule has 1 aliphatic rings. The zero-order chi connectivity index (χ0) is 11.2. The fraction of sp³-hybridized carbons (Fsp3) is 0.462. The maximum Gasteiger partial charge on any atom is 0.0704 e. The predicted molar refractivity (Wildman–Crippen MR) is 65.6 cm³/mol. The first-order valence-corrected chi connectivity index (χ1v) is 5.75. The number of hydrogen-bond donors (Lipinski definition) is 0. The van der Waals surface area contributed by atoms with Gasteiger partial charge in [0.15, 0.2) is 0 Å². The summed E-state index contributed by atoms with van der Waals surface area (Å²) in [7, 11) is 1.75. The van der Waals surface area contributed by atoms with E-state index in [1.54, 1.807) is 7.11 Å². The quantitative estimate of drug-likeness (QED) is 0.723. The Balaban J connectivity index is 1.96. The van der Waals surface area contributed by atoms with Crippen LogP contribution < -0.4 is 0 Å². The summed E-state index contributed by atoms with van der Waals surface area (Å²) in [5.74, 6) is 0. The van der Waals surface area contributed by atoms with Crippen molar-refractivity contribution in [3.63, 3.8) is 0 Å². The summed E-state index contributed by atoms with van der Waals surface area (Å²) in [6.07, 6.45) is 4.31. The van der Waals surface area contributed by atoms with Crippen LogP contribution in [0.25, 0.3) is 0 Å². The molecule has 3 heteroatoms. The molecule has 0 bridgehead atoms. The van der Waals surface area contributed by atoms with Gasteiger partial charge in [0, 0.05) is 13.7 Å². The molecule has 1 atom stereocenters. The van der Waals surface area contributed by atoms with Crippen molar-refractivity contribution in [1.29, 1.82) is 0 Å². The maximum absolute atomic E-state index is 5.19. The van der Waals surface area contributed by atoms with Crippen LogP contribution >= 0.6 is 0 Å². The molecule has 1 saturated heterocycles. The van der Waals surface area contributed by atoms with Crippen molar-refractivity contribution in [3.8, 4) is 0 Å². The number of hydrazone groups is 1. The lowest BCUT2D eigenvalue weighted by atomic mass is 10.2. The van der Waals surface area contributed by atoms with E-state index in [1.165, 1.54) is 12.8 Å². The summed E-state index contributed by atoms with van der Waals surface area (Å²) in [6.45, 7) is 1.81. The second-order valence-electron chi connectivity index (χ2n) is 4.07. The van der Waals surface area contributed by atoms with Crippen molar-refractivity contribution in [2.24, 2.45) is 5.10 Å². The van der Waals surface area contributed by atoms with Crippen molar-refractivity contribution in [1.82, 2.24) is 5.01 Å². The Morgan fingerprint density at radius 2 is 2.25 bits per heavy atom. The minimum absolute atomic E-state index is 0.449. The summed E-state index contributed by atoms with van der Waals surface area (Å²) >= 11 is 0. The molecule has 0 radical (unpaired) electrons. The molecule has 2 rings (SSSR count). The maximum atomic E-state index is 5.19. The molecular formula is C13H18N2O. The molecule has 1 heterocycles. The fourth-order valence-electron chi connectivity index (χ4n) is 2.01. The van der Waals surface area contributed by atoms with Crippen LogP contribution in [0, 0.1) is 0 Å². The van der Waals surface area contributed by atoms with E-state index in [9.17, 15) is 0 Å². The van der Waals surface area contributed by atoms with Gasteiger partial charge in [-0.15, -0.1) is 0 Å². The Kier molecular flexibility index (Phi) is 3.94. The predicted octanol–water partition coefficient (Wildman–Crippen LogP) is 2.13. The first-order chi connectivity index (χ1) is 7.90. The number of rotatable bonds is 4. The zero-order valence-electron chi connectivity index (χ0n) is 9.67. The zero-order valence-corrected chi connectivity index (χ0v) is 9.67. The number of ether oxygens (including phenoxy) is 1. The standard InChI is InChI=1S/C13H18N2O/c1-16-11-13-8-5-9-15(13)14-10-12-6-3-2-4-7-12/h2-4,6-7,10,13H,5,8-9,11H2,1H3/b14-10+/t13-/m1/s1. The number of nitrogens with zero attached hydrogens (tertiary/aromatic N) is 2. The van der Waals surface area contributed by atoms with E-state index in [4.69, 9.17) is 4.74 Å². The number of hydrogen-bond acceptors (Lipinski definition) is 3. The highest BCUT2D eigenvalue weighted by Crippen LogP contribution is 2.17. The van der Waals surface area contributed by atoms with Gasteiger partial charge < -0.3 is 4.74 Å². The van der Waals surface area contributed by atoms with Crippen LogP contribution in [-0.4, -0.2) is 37.5 Å². The molecule has 3 nitrogen and oxygen atoms in total. The third kappa shape index (κ3) is 2.83. The van der Waals surface area contributed by atoms with E-state index in [-0.39, 0.29) is 0 Å². The van der Waals surface area contributed by atoms with Crippen LogP contribution in [0.2, 0.25) is 0 Å². The minimum Gasteiger partial charge on any atom is -0.382 e. The van der Waals surface area contributed by atoms with Gasteiger partial charge in [-0.05, 0) is 18.4 Å². The topological polar surface area (TPSA) is 24.8 Å². The second-order valence-corrected chi connectivity index (χ2v) is 4.07. The van der Waals surface area contributed by atoms with E-state index in [1.807, 2.05) is 24.4 Å². The number of methoxy groups -OCH3 is 1. The molecule has 0 spiro atoms. The summed E-state index contributed by atoms with van der Waals surface area (Å²) in [5.41, 5.74) is 1.14. The Labute approximate surface area is 96.7 Å². The van der Waals surface area contributed by atoms with Gasteiger partial charge in [-0.2, -0.15) is 5.10 Å². The Morgan fingerprint density at radius 3 is 3.00 bits per heavy atom. The van der Waals surface area contributed by atoms with Gasteiger partial charge in [0.25, 0.3) is 0 Å². The van der Waals surface area contributed by atoms with Crippen molar-refractivity contribution in [3.05, 3.63) is 35.9 Å². The first-order valence-electron chi connectivity index (χ1n) is 5.75. The normalized spacial score (nSPS) is 20.8. The number of benzene rings is 1. The van der Waals surface area contributed by atoms with Gasteiger partial charge in [0.05, 0.1) is 18.9 Å². The van der Waals surface area contributed by atoms with Crippen molar-refractivity contribution in [2.45, 2.75) is 18.9 Å². The second kappa shape index (κ2) is 5.66. The molecule has 16 heavy (non-hydrogen) atoms. The van der Waals surface area contributed by atoms with Gasteiger partial charge >= 0.3 is 0 Å². The van der Waals surface area contributed by atoms with Crippen LogP contribution in [0.3, 0.4) is 0 Å². The monoisotopic (exact) mass is 218 g/mol. The highest BCUT2D eigenvalue weighted by Gasteiger charge is 2.22. The van der Waals surface area contributed by atoms with E-state index < -0.39 is 0 Å². The highest BCUT2D eigenvalue weighted by atomic mass is 16.5. The Morgan fingerprint density at radius 1 is 1.44 bits per heavy atom.